The van der Waals surface area contributed by atoms with E-state index < -0.39 is 0 Å². The molecule has 1 aromatic heterocycles. The Balaban J connectivity index is 2.41. The van der Waals surface area contributed by atoms with Crippen LogP contribution in [0.15, 0.2) is 0 Å². The van der Waals surface area contributed by atoms with Gasteiger partial charge in [-0.25, -0.2) is 0 Å². The van der Waals surface area contributed by atoms with E-state index in [1.807, 2.05) is 0 Å². The number of aromatic amines is 1. The monoisotopic (exact) mass is 122 g/mol. The molecule has 0 saturated heterocycles. The molecule has 4 nitrogen and oxygen atoms in total. The van der Waals surface area contributed by atoms with Gasteiger partial charge in [-0.1, -0.05) is 5.21 Å². The first kappa shape index (κ1) is 5.76. The maximum atomic E-state index is 5.01. The molecular weight excluding hydrogens is 116 g/mol. The van der Waals surface area contributed by atoms with E-state index in [0.29, 0.717) is 18.7 Å². The van der Waals surface area contributed by atoms with Gasteiger partial charge in [-0.15, -0.1) is 22.5 Å². The van der Waals surface area contributed by atoms with Crippen LogP contribution in [0.3, 0.4) is 0 Å². The maximum absolute atomic E-state index is 5.01. The van der Waals surface area contributed by atoms with Crippen LogP contribution in [0.1, 0.15) is 12.2 Å². The normalized spacial score (nSPS) is 8.78. The molecule has 0 radical (unpaired) electrons. The average Bonchev–Trinajstić information content (AvgIpc) is 2.34. The summed E-state index contributed by atoms with van der Waals surface area (Å²) in [5, 5.41) is 13.1. The van der Waals surface area contributed by atoms with E-state index in [1.54, 1.807) is 0 Å². The van der Waals surface area contributed by atoms with Gasteiger partial charge in [0.25, 0.3) is 0 Å². The molecule has 0 aliphatic heterocycles. The number of H-pyrrole nitrogens is 1. The van der Waals surface area contributed by atoms with Crippen molar-refractivity contribution < 1.29 is 0 Å². The number of terminal acetylenes is 1. The predicted molar refractivity (Wildman–Crippen MR) is 31.3 cm³/mol. The van der Waals surface area contributed by atoms with Crippen LogP contribution in [-0.4, -0.2) is 20.6 Å². The van der Waals surface area contributed by atoms with Gasteiger partial charge in [-0.05, 0) is 0 Å². The summed E-state index contributed by atoms with van der Waals surface area (Å²) in [4.78, 5) is 0. The quantitative estimate of drug-likeness (QED) is 0.551. The molecule has 1 aromatic rings. The first-order chi connectivity index (χ1) is 4.43. The van der Waals surface area contributed by atoms with E-state index >= 15 is 0 Å². The molecule has 0 amide bonds. The van der Waals surface area contributed by atoms with Crippen LogP contribution in [0, 0.1) is 12.3 Å². The van der Waals surface area contributed by atoms with Crippen LogP contribution < -0.4 is 0 Å². The Kier molecular flexibility index (Phi) is 1.81. The Bertz CT molecular complexity index is 195. The number of rotatable bonds is 2. The Morgan fingerprint density at radius 3 is 3.11 bits per heavy atom. The van der Waals surface area contributed by atoms with E-state index in [4.69, 9.17) is 6.42 Å². The molecule has 1 rings (SSSR count). The van der Waals surface area contributed by atoms with Gasteiger partial charge in [-0.3, -0.25) is 0 Å². The van der Waals surface area contributed by atoms with Crippen LogP contribution in [0.25, 0.3) is 0 Å². The summed E-state index contributed by atoms with van der Waals surface area (Å²) in [5.74, 6) is 3.16. The number of nitrogens with zero attached hydrogens (tertiary/aromatic N) is 3. The summed E-state index contributed by atoms with van der Waals surface area (Å²) >= 11 is 0. The third-order valence-corrected chi connectivity index (χ3v) is 0.882. The van der Waals surface area contributed by atoms with E-state index in [-0.39, 0.29) is 0 Å². The molecule has 0 aliphatic rings. The number of tetrazole rings is 1. The Morgan fingerprint density at radius 2 is 2.56 bits per heavy atom. The van der Waals surface area contributed by atoms with Gasteiger partial charge in [0.05, 0.1) is 0 Å². The first-order valence-corrected chi connectivity index (χ1v) is 2.59. The number of hydrogen-bond acceptors (Lipinski definition) is 3. The van der Waals surface area contributed by atoms with E-state index in [0.717, 1.165) is 0 Å². The standard InChI is InChI=1S/C5H6N4/c1-2-3-4-5-6-8-9-7-5/h1H,3-4H2,(H,6,7,8,9). The van der Waals surface area contributed by atoms with Gasteiger partial charge < -0.3 is 0 Å². The third kappa shape index (κ3) is 1.53. The SMILES string of the molecule is C#CCCc1nn[nH]n1. The van der Waals surface area contributed by atoms with Crippen molar-refractivity contribution in [1.82, 2.24) is 20.6 Å². The van der Waals surface area contributed by atoms with Crippen molar-refractivity contribution in [2.24, 2.45) is 0 Å². The van der Waals surface area contributed by atoms with Crippen molar-refractivity contribution in [1.29, 1.82) is 0 Å². The van der Waals surface area contributed by atoms with E-state index in [9.17, 15) is 0 Å². The molecule has 0 aromatic carbocycles. The summed E-state index contributed by atoms with van der Waals surface area (Å²) in [6.45, 7) is 0. The van der Waals surface area contributed by atoms with Crippen LogP contribution in [-0.2, 0) is 6.42 Å². The van der Waals surface area contributed by atoms with Crippen LogP contribution in [0.2, 0.25) is 0 Å². The molecule has 46 valence electrons. The van der Waals surface area contributed by atoms with Gasteiger partial charge in [0.15, 0.2) is 5.82 Å². The lowest BCUT2D eigenvalue weighted by Gasteiger charge is -1.81. The highest BCUT2D eigenvalue weighted by Crippen LogP contribution is 1.88. The minimum Gasteiger partial charge on any atom is -0.177 e. The van der Waals surface area contributed by atoms with Gasteiger partial charge in [0, 0.05) is 12.8 Å². The summed E-state index contributed by atoms with van der Waals surface area (Å²) in [6, 6.07) is 0. The molecule has 0 saturated carbocycles. The van der Waals surface area contributed by atoms with E-state index in [1.165, 1.54) is 0 Å². The van der Waals surface area contributed by atoms with Crippen molar-refractivity contribution in [2.75, 3.05) is 0 Å². The predicted octanol–water partition coefficient (Wildman–Crippen LogP) is -0.235. The highest BCUT2D eigenvalue weighted by molar-refractivity contribution is 4.89. The first-order valence-electron chi connectivity index (χ1n) is 2.59. The molecule has 1 N–H and O–H groups in total. The maximum Gasteiger partial charge on any atom is 0.175 e. The Morgan fingerprint density at radius 1 is 1.67 bits per heavy atom. The van der Waals surface area contributed by atoms with Gasteiger partial charge in [-0.2, -0.15) is 5.21 Å². The molecule has 0 fully saturated rings. The third-order valence-electron chi connectivity index (χ3n) is 0.882. The summed E-state index contributed by atoms with van der Waals surface area (Å²) in [7, 11) is 0. The summed E-state index contributed by atoms with van der Waals surface area (Å²) in [6.07, 6.45) is 6.38. The molecule has 0 spiro atoms. The highest BCUT2D eigenvalue weighted by atomic mass is 15.5. The molecule has 0 atom stereocenters. The largest absolute Gasteiger partial charge is 0.177 e. The molecule has 9 heavy (non-hydrogen) atoms. The van der Waals surface area contributed by atoms with Crippen LogP contribution in [0.4, 0.5) is 0 Å². The minimum atomic E-state index is 0.666. The topological polar surface area (TPSA) is 54.5 Å². The lowest BCUT2D eigenvalue weighted by molar-refractivity contribution is 0.881. The minimum absolute atomic E-state index is 0.666. The second-order valence-electron chi connectivity index (χ2n) is 1.53. The Hall–Kier alpha value is -1.37. The van der Waals surface area contributed by atoms with Crippen molar-refractivity contribution >= 4 is 0 Å². The second-order valence-corrected chi connectivity index (χ2v) is 1.53. The smallest absolute Gasteiger partial charge is 0.175 e. The molecular formula is C5H6N4. The van der Waals surface area contributed by atoms with Crippen molar-refractivity contribution in [2.45, 2.75) is 12.8 Å². The molecule has 1 heterocycles. The fourth-order valence-electron chi connectivity index (χ4n) is 0.472. The zero-order chi connectivity index (χ0) is 6.53. The fourth-order valence-corrected chi connectivity index (χ4v) is 0.472. The van der Waals surface area contributed by atoms with E-state index in [2.05, 4.69) is 26.5 Å². The van der Waals surface area contributed by atoms with Crippen LogP contribution in [0.5, 0.6) is 0 Å². The zero-order valence-electron chi connectivity index (χ0n) is 4.83. The number of hydrogen-bond donors (Lipinski definition) is 1. The lowest BCUT2D eigenvalue weighted by Crippen LogP contribution is -1.85. The Labute approximate surface area is 52.7 Å². The molecule has 0 unspecified atom stereocenters. The van der Waals surface area contributed by atoms with Crippen molar-refractivity contribution in [3.63, 3.8) is 0 Å². The van der Waals surface area contributed by atoms with Gasteiger partial charge >= 0.3 is 0 Å². The average molecular weight is 122 g/mol. The molecule has 0 aliphatic carbocycles. The van der Waals surface area contributed by atoms with Crippen LogP contribution >= 0.6 is 0 Å². The summed E-state index contributed by atoms with van der Waals surface area (Å²) in [5.41, 5.74) is 0. The lowest BCUT2D eigenvalue weighted by atomic mass is 10.3. The summed E-state index contributed by atoms with van der Waals surface area (Å²) < 4.78 is 0. The highest BCUT2D eigenvalue weighted by Gasteiger charge is 1.92. The number of aromatic nitrogens is 4. The van der Waals surface area contributed by atoms with Crippen molar-refractivity contribution in [3.8, 4) is 12.3 Å². The zero-order valence-corrected chi connectivity index (χ0v) is 4.83. The van der Waals surface area contributed by atoms with Gasteiger partial charge in [0.2, 0.25) is 0 Å². The molecule has 0 bridgehead atoms. The second kappa shape index (κ2) is 2.82. The van der Waals surface area contributed by atoms with Gasteiger partial charge in [0.1, 0.15) is 0 Å². The molecule has 4 heteroatoms. The fraction of sp³-hybridized carbons (Fsp3) is 0.400. The number of aryl methyl sites for hydroxylation is 1. The van der Waals surface area contributed by atoms with Crippen molar-refractivity contribution in [3.05, 3.63) is 5.82 Å². The number of nitrogens with one attached hydrogen (secondary N) is 1.